The number of para-hydroxylation sites is 4. The first-order valence-corrected chi connectivity index (χ1v) is 15.0. The maximum Gasteiger partial charge on any atom is 0.238 e. The van der Waals surface area contributed by atoms with E-state index in [2.05, 4.69) is 11.8 Å². The molecule has 0 aromatic heterocycles. The van der Waals surface area contributed by atoms with E-state index >= 15 is 0 Å². The molecule has 3 aromatic rings. The summed E-state index contributed by atoms with van der Waals surface area (Å²) in [6.45, 7) is 8.61. The van der Waals surface area contributed by atoms with E-state index in [0.717, 1.165) is 5.56 Å². The second-order valence-electron chi connectivity index (χ2n) is 9.19. The highest BCUT2D eigenvalue weighted by Gasteiger charge is 2.19. The molecule has 0 amide bonds. The van der Waals surface area contributed by atoms with Crippen LogP contribution in [0.1, 0.15) is 31.9 Å². The van der Waals surface area contributed by atoms with Crippen LogP contribution in [0.15, 0.2) is 71.6 Å². The Morgan fingerprint density at radius 2 is 1.27 bits per heavy atom. The number of primary sulfonamides is 1. The SMILES string of the molecule is CCOc1ccccc1OCCN(CCOc1ccccc1OCC)[C@H](C)Cc1ccc(CO)c(S(N)(=O)=O)c1. The second kappa shape index (κ2) is 15.5. The van der Waals surface area contributed by atoms with Gasteiger partial charge in [-0.25, -0.2) is 13.6 Å². The Bertz CT molecular complexity index is 1260. The Labute approximate surface area is 237 Å². The fourth-order valence-electron chi connectivity index (χ4n) is 4.38. The standard InChI is InChI=1S/C30H40N2O7S/c1-4-36-26-10-6-8-12-28(26)38-18-16-32(17-19-39-29-13-9-7-11-27(29)37-5-2)23(3)20-24-14-15-25(22-33)30(21-24)40(31,34)35/h6-15,21,23,33H,4-5,16-20,22H2,1-3H3,(H2,31,34,35)/t23-/m1/s1. The summed E-state index contributed by atoms with van der Waals surface area (Å²) in [6, 6.07) is 20.1. The molecule has 0 aliphatic rings. The van der Waals surface area contributed by atoms with Crippen molar-refractivity contribution in [1.82, 2.24) is 4.90 Å². The van der Waals surface area contributed by atoms with E-state index in [0.29, 0.717) is 68.9 Å². The maximum absolute atomic E-state index is 12.1. The molecule has 0 saturated carbocycles. The van der Waals surface area contributed by atoms with Gasteiger partial charge in [-0.1, -0.05) is 36.4 Å². The largest absolute Gasteiger partial charge is 0.490 e. The fourth-order valence-corrected chi connectivity index (χ4v) is 5.19. The molecule has 218 valence electrons. The van der Waals surface area contributed by atoms with Crippen molar-refractivity contribution in [1.29, 1.82) is 0 Å². The number of sulfonamides is 1. The third kappa shape index (κ3) is 9.12. The minimum Gasteiger partial charge on any atom is -0.490 e. The summed E-state index contributed by atoms with van der Waals surface area (Å²) in [6.07, 6.45) is 0.555. The summed E-state index contributed by atoms with van der Waals surface area (Å²) in [5.74, 6) is 2.74. The lowest BCUT2D eigenvalue weighted by atomic mass is 10.0. The van der Waals surface area contributed by atoms with E-state index in [4.69, 9.17) is 24.1 Å². The van der Waals surface area contributed by atoms with Crippen LogP contribution in [0.3, 0.4) is 0 Å². The molecule has 10 heteroatoms. The van der Waals surface area contributed by atoms with Crippen molar-refractivity contribution in [3.63, 3.8) is 0 Å². The van der Waals surface area contributed by atoms with Crippen molar-refractivity contribution in [2.75, 3.05) is 39.5 Å². The van der Waals surface area contributed by atoms with Gasteiger partial charge in [-0.2, -0.15) is 0 Å². The summed E-state index contributed by atoms with van der Waals surface area (Å²) in [5, 5.41) is 15.0. The van der Waals surface area contributed by atoms with E-state index in [-0.39, 0.29) is 16.5 Å². The molecule has 3 rings (SSSR count). The van der Waals surface area contributed by atoms with E-state index < -0.39 is 16.6 Å². The molecule has 0 aliphatic carbocycles. The number of nitrogens with zero attached hydrogens (tertiary/aromatic N) is 1. The summed E-state index contributed by atoms with van der Waals surface area (Å²) >= 11 is 0. The Morgan fingerprint density at radius 3 is 1.70 bits per heavy atom. The van der Waals surface area contributed by atoms with Crippen molar-refractivity contribution in [2.45, 2.75) is 44.7 Å². The van der Waals surface area contributed by atoms with Gasteiger partial charge in [0.1, 0.15) is 13.2 Å². The number of aliphatic hydroxyl groups excluding tert-OH is 1. The summed E-state index contributed by atoms with van der Waals surface area (Å²) < 4.78 is 47.7. The van der Waals surface area contributed by atoms with Gasteiger partial charge in [-0.15, -0.1) is 0 Å². The number of hydrogen-bond acceptors (Lipinski definition) is 8. The van der Waals surface area contributed by atoms with Crippen LogP contribution in [0.4, 0.5) is 0 Å². The molecule has 0 aliphatic heterocycles. The minimum atomic E-state index is -3.97. The molecule has 0 heterocycles. The van der Waals surface area contributed by atoms with E-state index in [1.54, 1.807) is 12.1 Å². The molecule has 0 radical (unpaired) electrons. The van der Waals surface area contributed by atoms with Crippen LogP contribution in [-0.2, 0) is 23.1 Å². The molecule has 3 aromatic carbocycles. The summed E-state index contributed by atoms with van der Waals surface area (Å²) in [7, 11) is -3.97. The van der Waals surface area contributed by atoms with E-state index in [1.165, 1.54) is 0 Å². The Morgan fingerprint density at radius 1 is 0.800 bits per heavy atom. The van der Waals surface area contributed by atoms with Crippen LogP contribution >= 0.6 is 0 Å². The molecule has 0 spiro atoms. The number of rotatable bonds is 17. The average Bonchev–Trinajstić information content (AvgIpc) is 2.93. The lowest BCUT2D eigenvalue weighted by Crippen LogP contribution is -2.40. The highest BCUT2D eigenvalue weighted by Crippen LogP contribution is 2.27. The van der Waals surface area contributed by atoms with Crippen molar-refractivity contribution in [3.8, 4) is 23.0 Å². The lowest BCUT2D eigenvalue weighted by Gasteiger charge is -2.29. The Balaban J connectivity index is 1.73. The fraction of sp³-hybridized carbons (Fsp3) is 0.400. The molecular weight excluding hydrogens is 532 g/mol. The van der Waals surface area contributed by atoms with E-state index in [1.807, 2.05) is 68.4 Å². The van der Waals surface area contributed by atoms with Crippen molar-refractivity contribution in [2.24, 2.45) is 5.14 Å². The molecule has 0 fully saturated rings. The van der Waals surface area contributed by atoms with Crippen molar-refractivity contribution < 1.29 is 32.5 Å². The number of nitrogens with two attached hydrogens (primary N) is 1. The molecule has 9 nitrogen and oxygen atoms in total. The molecule has 1 atom stereocenters. The number of benzene rings is 3. The third-order valence-corrected chi connectivity index (χ3v) is 7.33. The van der Waals surface area contributed by atoms with Crippen molar-refractivity contribution in [3.05, 3.63) is 77.9 Å². The zero-order valence-corrected chi connectivity index (χ0v) is 24.2. The van der Waals surface area contributed by atoms with Crippen molar-refractivity contribution >= 4 is 10.0 Å². The molecular formula is C30H40N2O7S. The predicted molar refractivity (Wildman–Crippen MR) is 155 cm³/mol. The topological polar surface area (TPSA) is 121 Å². The predicted octanol–water partition coefficient (Wildman–Crippen LogP) is 4.01. The zero-order valence-electron chi connectivity index (χ0n) is 23.4. The molecule has 0 saturated heterocycles. The zero-order chi connectivity index (χ0) is 29.0. The first-order chi connectivity index (χ1) is 19.3. The smallest absolute Gasteiger partial charge is 0.238 e. The second-order valence-corrected chi connectivity index (χ2v) is 10.7. The highest BCUT2D eigenvalue weighted by atomic mass is 32.2. The van der Waals surface area contributed by atoms with Gasteiger partial charge >= 0.3 is 0 Å². The van der Waals surface area contributed by atoms with Crippen LogP contribution in [0, 0.1) is 0 Å². The minimum absolute atomic E-state index is 0.00442. The van der Waals surface area contributed by atoms with E-state index in [9.17, 15) is 13.5 Å². The van der Waals surface area contributed by atoms with Crippen LogP contribution < -0.4 is 24.1 Å². The lowest BCUT2D eigenvalue weighted by molar-refractivity contribution is 0.137. The summed E-state index contributed by atoms with van der Waals surface area (Å²) in [4.78, 5) is 2.17. The van der Waals surface area contributed by atoms with Gasteiger partial charge in [0.15, 0.2) is 23.0 Å². The number of hydrogen-bond donors (Lipinski definition) is 2. The maximum atomic E-state index is 12.1. The molecule has 0 unspecified atom stereocenters. The van der Waals surface area contributed by atoms with Gasteiger partial charge in [0.25, 0.3) is 0 Å². The normalized spacial score (nSPS) is 12.2. The van der Waals surface area contributed by atoms with Gasteiger partial charge < -0.3 is 24.1 Å². The number of ether oxygens (including phenoxy) is 4. The summed E-state index contributed by atoms with van der Waals surface area (Å²) in [5.41, 5.74) is 1.07. The van der Waals surface area contributed by atoms with Gasteiger partial charge in [0.05, 0.1) is 24.7 Å². The Kier molecular flexibility index (Phi) is 12.1. The third-order valence-electron chi connectivity index (χ3n) is 6.33. The average molecular weight is 573 g/mol. The first-order valence-electron chi connectivity index (χ1n) is 13.5. The van der Waals surface area contributed by atoms with Gasteiger partial charge in [-0.05, 0) is 68.7 Å². The molecule has 0 bridgehead atoms. The van der Waals surface area contributed by atoms with Gasteiger partial charge in [0, 0.05) is 19.1 Å². The van der Waals surface area contributed by atoms with Crippen LogP contribution in [-0.4, -0.2) is 64.0 Å². The monoisotopic (exact) mass is 572 g/mol. The highest BCUT2D eigenvalue weighted by molar-refractivity contribution is 7.89. The Hall–Kier alpha value is -3.31. The number of aliphatic hydroxyl groups is 1. The van der Waals surface area contributed by atoms with Crippen LogP contribution in [0.25, 0.3) is 0 Å². The van der Waals surface area contributed by atoms with Crippen LogP contribution in [0.5, 0.6) is 23.0 Å². The molecule has 40 heavy (non-hydrogen) atoms. The van der Waals surface area contributed by atoms with Gasteiger partial charge in [0.2, 0.25) is 10.0 Å². The van der Waals surface area contributed by atoms with Crippen LogP contribution in [0.2, 0.25) is 0 Å². The quantitative estimate of drug-likeness (QED) is 0.249. The first kappa shape index (κ1) is 31.2. The van der Waals surface area contributed by atoms with Gasteiger partial charge in [-0.3, -0.25) is 4.90 Å². The molecule has 3 N–H and O–H groups in total.